The van der Waals surface area contributed by atoms with Crippen molar-refractivity contribution in [2.45, 2.75) is 19.5 Å². The van der Waals surface area contributed by atoms with Crippen LogP contribution in [0, 0.1) is 0 Å². The van der Waals surface area contributed by atoms with E-state index < -0.39 is 6.04 Å². The summed E-state index contributed by atoms with van der Waals surface area (Å²) in [5.41, 5.74) is 1.73. The number of hydrogen-bond donors (Lipinski definition) is 1. The molecule has 0 saturated heterocycles. The van der Waals surface area contributed by atoms with Crippen LogP contribution in [0.5, 0.6) is 5.75 Å². The van der Waals surface area contributed by atoms with Crippen LogP contribution >= 0.6 is 15.9 Å². The number of nitrogens with one attached hydrogen (secondary N) is 1. The van der Waals surface area contributed by atoms with Crippen molar-refractivity contribution in [3.63, 3.8) is 0 Å². The lowest BCUT2D eigenvalue weighted by Gasteiger charge is -2.12. The number of rotatable bonds is 6. The summed E-state index contributed by atoms with van der Waals surface area (Å²) < 4.78 is 6.26. The number of hydrogen-bond acceptors (Lipinski definition) is 5. The smallest absolute Gasteiger partial charge is 0.246 e. The van der Waals surface area contributed by atoms with Crippen LogP contribution < -0.4 is 10.1 Å². The number of benzene rings is 2. The van der Waals surface area contributed by atoms with Gasteiger partial charge in [-0.05, 0) is 42.5 Å². The number of ether oxygens (including phenoxy) is 1. The van der Waals surface area contributed by atoms with Gasteiger partial charge in [0.15, 0.2) is 0 Å². The number of carbonyl (C=O) groups is 1. The van der Waals surface area contributed by atoms with Gasteiger partial charge in [0.2, 0.25) is 11.7 Å². The van der Waals surface area contributed by atoms with Crippen LogP contribution in [0.15, 0.2) is 53.0 Å². The van der Waals surface area contributed by atoms with Gasteiger partial charge in [-0.25, -0.2) is 0 Å². The topological polar surface area (TPSA) is 81.9 Å². The average Bonchev–Trinajstić information content (AvgIpc) is 3.16. The van der Waals surface area contributed by atoms with Crippen LogP contribution in [0.1, 0.15) is 18.5 Å². The fourth-order valence-corrected chi connectivity index (χ4v) is 2.65. The first-order chi connectivity index (χ1) is 12.6. The maximum Gasteiger partial charge on any atom is 0.246 e. The molecule has 3 rings (SSSR count). The van der Waals surface area contributed by atoms with Gasteiger partial charge < -0.3 is 10.1 Å². The van der Waals surface area contributed by atoms with E-state index in [0.29, 0.717) is 12.4 Å². The zero-order chi connectivity index (χ0) is 18.5. The molecule has 3 aromatic rings. The number of methoxy groups -OCH3 is 1. The number of carbonyl (C=O) groups excluding carboxylic acids is 1. The summed E-state index contributed by atoms with van der Waals surface area (Å²) in [4.78, 5) is 13.7. The predicted octanol–water partition coefficient (Wildman–Crippen LogP) is 2.99. The summed E-state index contributed by atoms with van der Waals surface area (Å²) in [7, 11) is 1.60. The second kappa shape index (κ2) is 8.09. The maximum absolute atomic E-state index is 12.4. The molecule has 1 N–H and O–H groups in total. The van der Waals surface area contributed by atoms with E-state index in [-0.39, 0.29) is 5.91 Å². The Kier molecular flexibility index (Phi) is 5.62. The third kappa shape index (κ3) is 4.08. The van der Waals surface area contributed by atoms with E-state index in [1.165, 1.54) is 4.80 Å². The van der Waals surface area contributed by atoms with Gasteiger partial charge in [0.1, 0.15) is 11.8 Å². The minimum Gasteiger partial charge on any atom is -0.496 e. The third-order valence-corrected chi connectivity index (χ3v) is 4.43. The largest absolute Gasteiger partial charge is 0.496 e. The highest BCUT2D eigenvalue weighted by atomic mass is 79.9. The normalized spacial score (nSPS) is 11.8. The van der Waals surface area contributed by atoms with E-state index in [1.807, 2.05) is 48.5 Å². The molecule has 1 aromatic heterocycles. The van der Waals surface area contributed by atoms with Crippen LogP contribution in [-0.4, -0.2) is 33.2 Å². The molecule has 7 nitrogen and oxygen atoms in total. The van der Waals surface area contributed by atoms with Gasteiger partial charge in [0, 0.05) is 22.1 Å². The molecule has 0 spiro atoms. The molecule has 0 fully saturated rings. The number of halogens is 1. The van der Waals surface area contributed by atoms with Crippen molar-refractivity contribution < 1.29 is 9.53 Å². The number of tetrazole rings is 1. The molecule has 1 atom stereocenters. The quantitative estimate of drug-likeness (QED) is 0.668. The molecule has 0 saturated carbocycles. The van der Waals surface area contributed by atoms with Gasteiger partial charge in [0.05, 0.1) is 7.11 Å². The number of aromatic nitrogens is 4. The summed E-state index contributed by atoms with van der Waals surface area (Å²) in [6.45, 7) is 2.09. The highest BCUT2D eigenvalue weighted by Gasteiger charge is 2.19. The van der Waals surface area contributed by atoms with Crippen LogP contribution in [0.25, 0.3) is 11.4 Å². The Morgan fingerprint density at radius 3 is 2.69 bits per heavy atom. The molecule has 0 aliphatic rings. The van der Waals surface area contributed by atoms with Crippen LogP contribution in [0.2, 0.25) is 0 Å². The lowest BCUT2D eigenvalue weighted by molar-refractivity contribution is -0.124. The van der Waals surface area contributed by atoms with E-state index in [1.54, 1.807) is 14.0 Å². The Bertz CT molecular complexity index is 895. The van der Waals surface area contributed by atoms with Crippen molar-refractivity contribution in [2.75, 3.05) is 7.11 Å². The van der Waals surface area contributed by atoms with Crippen LogP contribution in [-0.2, 0) is 11.3 Å². The number of amides is 1. The molecule has 134 valence electrons. The minimum absolute atomic E-state index is 0.198. The maximum atomic E-state index is 12.4. The lowest BCUT2D eigenvalue weighted by Crippen LogP contribution is -2.31. The summed E-state index contributed by atoms with van der Waals surface area (Å²) in [5, 5.41) is 15.2. The second-order valence-corrected chi connectivity index (χ2v) is 6.56. The monoisotopic (exact) mass is 415 g/mol. The van der Waals surface area contributed by atoms with Crippen LogP contribution in [0.4, 0.5) is 0 Å². The van der Waals surface area contributed by atoms with Crippen molar-refractivity contribution in [2.24, 2.45) is 0 Å². The Balaban J connectivity index is 1.66. The second-order valence-electron chi connectivity index (χ2n) is 5.65. The molecule has 1 amide bonds. The molecular weight excluding hydrogens is 398 g/mol. The summed E-state index contributed by atoms with van der Waals surface area (Å²) >= 11 is 3.39. The minimum atomic E-state index is -0.582. The number of para-hydroxylation sites is 1. The van der Waals surface area contributed by atoms with Crippen molar-refractivity contribution in [1.29, 1.82) is 0 Å². The highest BCUT2D eigenvalue weighted by molar-refractivity contribution is 9.10. The van der Waals surface area contributed by atoms with E-state index in [9.17, 15) is 4.79 Å². The number of nitrogens with zero attached hydrogens (tertiary/aromatic N) is 4. The molecule has 26 heavy (non-hydrogen) atoms. The van der Waals surface area contributed by atoms with Gasteiger partial charge in [-0.1, -0.05) is 34.1 Å². The van der Waals surface area contributed by atoms with Gasteiger partial charge in [-0.15, -0.1) is 10.2 Å². The highest BCUT2D eigenvalue weighted by Crippen LogP contribution is 2.19. The van der Waals surface area contributed by atoms with Gasteiger partial charge in [0.25, 0.3) is 0 Å². The molecule has 1 heterocycles. The summed E-state index contributed by atoms with van der Waals surface area (Å²) in [6, 6.07) is 14.5. The van der Waals surface area contributed by atoms with Crippen molar-refractivity contribution in [3.05, 3.63) is 58.6 Å². The molecular formula is C18H18BrN5O2. The average molecular weight is 416 g/mol. The molecule has 1 unspecified atom stereocenters. The van der Waals surface area contributed by atoms with Crippen molar-refractivity contribution in [3.8, 4) is 17.1 Å². The third-order valence-electron chi connectivity index (χ3n) is 3.90. The Labute approximate surface area is 159 Å². The van der Waals surface area contributed by atoms with Crippen LogP contribution in [0.3, 0.4) is 0 Å². The first kappa shape index (κ1) is 18.1. The van der Waals surface area contributed by atoms with E-state index in [4.69, 9.17) is 4.74 Å². The fraction of sp³-hybridized carbons (Fsp3) is 0.222. The Morgan fingerprint density at radius 1 is 1.23 bits per heavy atom. The van der Waals surface area contributed by atoms with E-state index in [2.05, 4.69) is 36.7 Å². The van der Waals surface area contributed by atoms with E-state index >= 15 is 0 Å². The van der Waals surface area contributed by atoms with Crippen molar-refractivity contribution in [1.82, 2.24) is 25.5 Å². The van der Waals surface area contributed by atoms with Crippen molar-refractivity contribution >= 4 is 21.8 Å². The molecule has 0 radical (unpaired) electrons. The fourth-order valence-electron chi connectivity index (χ4n) is 2.39. The molecule has 0 bridgehead atoms. The summed E-state index contributed by atoms with van der Waals surface area (Å²) in [6.07, 6.45) is 0. The summed E-state index contributed by atoms with van der Waals surface area (Å²) in [5.74, 6) is 1.01. The Hall–Kier alpha value is -2.74. The van der Waals surface area contributed by atoms with Gasteiger partial charge >= 0.3 is 0 Å². The molecule has 2 aromatic carbocycles. The predicted molar refractivity (Wildman–Crippen MR) is 101 cm³/mol. The molecule has 0 aliphatic heterocycles. The van der Waals surface area contributed by atoms with Gasteiger partial charge in [-0.3, -0.25) is 4.79 Å². The molecule has 8 heteroatoms. The Morgan fingerprint density at radius 2 is 1.96 bits per heavy atom. The lowest BCUT2D eigenvalue weighted by atomic mass is 10.2. The zero-order valence-electron chi connectivity index (χ0n) is 14.4. The first-order valence-electron chi connectivity index (χ1n) is 8.03. The standard InChI is InChI=1S/C18H18BrN5O2/c1-12(18(25)20-11-14-5-3-4-6-16(14)26-2)24-22-17(21-23-24)13-7-9-15(19)10-8-13/h3-10,12H,11H2,1-2H3,(H,20,25). The van der Waals surface area contributed by atoms with E-state index in [0.717, 1.165) is 21.3 Å². The van der Waals surface area contributed by atoms with Gasteiger partial charge in [-0.2, -0.15) is 4.80 Å². The SMILES string of the molecule is COc1ccccc1CNC(=O)C(C)n1nnc(-c2ccc(Br)cc2)n1. The molecule has 0 aliphatic carbocycles. The first-order valence-corrected chi connectivity index (χ1v) is 8.83. The zero-order valence-corrected chi connectivity index (χ0v) is 16.0.